The van der Waals surface area contributed by atoms with Gasteiger partial charge in [-0.3, -0.25) is 4.31 Å². The van der Waals surface area contributed by atoms with Crippen LogP contribution in [0.5, 0.6) is 5.75 Å². The van der Waals surface area contributed by atoms with Gasteiger partial charge in [0.15, 0.2) is 0 Å². The first kappa shape index (κ1) is 20.7. The molecule has 0 spiro atoms. The van der Waals surface area contributed by atoms with Crippen LogP contribution >= 0.6 is 0 Å². The van der Waals surface area contributed by atoms with Gasteiger partial charge in [-0.2, -0.15) is 0 Å². The Morgan fingerprint density at radius 2 is 1.77 bits per heavy atom. The molecule has 31 heavy (non-hydrogen) atoms. The first-order valence-electron chi connectivity index (χ1n) is 9.82. The highest BCUT2D eigenvalue weighted by molar-refractivity contribution is 7.92. The van der Waals surface area contributed by atoms with Crippen molar-refractivity contribution in [3.05, 3.63) is 77.9 Å². The van der Waals surface area contributed by atoms with Gasteiger partial charge in [-0.05, 0) is 60.9 Å². The Morgan fingerprint density at radius 3 is 2.52 bits per heavy atom. The van der Waals surface area contributed by atoms with Gasteiger partial charge in [0, 0.05) is 12.2 Å². The molecule has 3 aromatic carbocycles. The number of anilines is 3. The zero-order valence-corrected chi connectivity index (χ0v) is 18.1. The lowest BCUT2D eigenvalue weighted by atomic mass is 10.1. The monoisotopic (exact) mass is 437 g/mol. The van der Waals surface area contributed by atoms with Crippen LogP contribution in [0.15, 0.2) is 71.6 Å². The standard InChI is InChI=1S/C23H23N3O4S/c1-16-8-11-22(30-2)20(14-16)25-23(27)24-18-10-9-17-12-13-26(21(17)15-18)31(28,29)19-6-4-3-5-7-19/h3-11,14-15H,12-13H2,1-2H3,(H2,24,25,27). The number of nitrogens with zero attached hydrogens (tertiary/aromatic N) is 1. The topological polar surface area (TPSA) is 87.7 Å². The van der Waals surface area contributed by atoms with Gasteiger partial charge in [0.2, 0.25) is 0 Å². The minimum Gasteiger partial charge on any atom is -0.495 e. The van der Waals surface area contributed by atoms with Gasteiger partial charge in [-0.15, -0.1) is 0 Å². The average Bonchev–Trinajstić information content (AvgIpc) is 3.18. The van der Waals surface area contributed by atoms with E-state index in [1.165, 1.54) is 11.4 Å². The summed E-state index contributed by atoms with van der Waals surface area (Å²) in [5.41, 5.74) is 3.53. The molecule has 1 aliphatic rings. The Morgan fingerprint density at radius 1 is 1.00 bits per heavy atom. The number of nitrogens with one attached hydrogen (secondary N) is 2. The molecule has 0 aliphatic carbocycles. The smallest absolute Gasteiger partial charge is 0.323 e. The lowest BCUT2D eigenvalue weighted by molar-refractivity contribution is 0.262. The maximum absolute atomic E-state index is 13.1. The van der Waals surface area contributed by atoms with E-state index >= 15 is 0 Å². The third-order valence-corrected chi connectivity index (χ3v) is 6.96. The van der Waals surface area contributed by atoms with Gasteiger partial charge in [-0.25, -0.2) is 13.2 Å². The number of benzene rings is 3. The zero-order chi connectivity index (χ0) is 22.0. The van der Waals surface area contributed by atoms with E-state index in [2.05, 4.69) is 10.6 Å². The fourth-order valence-corrected chi connectivity index (χ4v) is 5.12. The fraction of sp³-hybridized carbons (Fsp3) is 0.174. The summed E-state index contributed by atoms with van der Waals surface area (Å²) in [4.78, 5) is 12.8. The molecule has 0 radical (unpaired) electrons. The van der Waals surface area contributed by atoms with E-state index in [9.17, 15) is 13.2 Å². The third-order valence-electron chi connectivity index (χ3n) is 5.13. The van der Waals surface area contributed by atoms with Gasteiger partial charge >= 0.3 is 6.03 Å². The zero-order valence-electron chi connectivity index (χ0n) is 17.3. The van der Waals surface area contributed by atoms with Gasteiger partial charge in [0.25, 0.3) is 10.0 Å². The van der Waals surface area contributed by atoms with Crippen LogP contribution in [0.4, 0.5) is 21.9 Å². The molecule has 3 aromatic rings. The number of aryl methyl sites for hydroxylation is 1. The second-order valence-corrected chi connectivity index (χ2v) is 9.13. The van der Waals surface area contributed by atoms with Crippen LogP contribution in [0, 0.1) is 6.92 Å². The molecule has 0 unspecified atom stereocenters. The van der Waals surface area contributed by atoms with Crippen molar-refractivity contribution in [2.24, 2.45) is 0 Å². The summed E-state index contributed by atoms with van der Waals surface area (Å²) in [6, 6.07) is 18.7. The highest BCUT2D eigenvalue weighted by atomic mass is 32.2. The van der Waals surface area contributed by atoms with E-state index in [-0.39, 0.29) is 4.90 Å². The molecular formula is C23H23N3O4S. The van der Waals surface area contributed by atoms with Crippen LogP contribution in [0.2, 0.25) is 0 Å². The number of sulfonamides is 1. The van der Waals surface area contributed by atoms with Crippen molar-refractivity contribution < 1.29 is 17.9 Å². The minimum absolute atomic E-state index is 0.241. The Bertz CT molecular complexity index is 1230. The lowest BCUT2D eigenvalue weighted by Crippen LogP contribution is -2.29. The third kappa shape index (κ3) is 4.20. The number of carbonyl (C=O) groups excluding carboxylic acids is 1. The average molecular weight is 438 g/mol. The van der Waals surface area contributed by atoms with Crippen molar-refractivity contribution in [1.82, 2.24) is 0 Å². The molecule has 4 rings (SSSR count). The van der Waals surface area contributed by atoms with Crippen LogP contribution in [0.3, 0.4) is 0 Å². The first-order valence-corrected chi connectivity index (χ1v) is 11.3. The number of fused-ring (bicyclic) bond motifs is 1. The fourth-order valence-electron chi connectivity index (χ4n) is 3.60. The van der Waals surface area contributed by atoms with Crippen LogP contribution in [0.25, 0.3) is 0 Å². The van der Waals surface area contributed by atoms with Crippen LogP contribution < -0.4 is 19.7 Å². The highest BCUT2D eigenvalue weighted by Crippen LogP contribution is 2.35. The Labute approximate surface area is 181 Å². The van der Waals surface area contributed by atoms with Crippen molar-refractivity contribution in [3.8, 4) is 5.75 Å². The Balaban J connectivity index is 1.56. The maximum Gasteiger partial charge on any atom is 0.323 e. The van der Waals surface area contributed by atoms with Gasteiger partial charge in [0.05, 0.1) is 23.4 Å². The molecule has 0 aromatic heterocycles. The molecule has 2 N–H and O–H groups in total. The summed E-state index contributed by atoms with van der Waals surface area (Å²) in [6.45, 7) is 2.29. The molecule has 2 amide bonds. The Kier molecular flexibility index (Phi) is 5.56. The predicted octanol–water partition coefficient (Wildman–Crippen LogP) is 4.40. The number of hydrogen-bond acceptors (Lipinski definition) is 4. The molecule has 0 saturated carbocycles. The SMILES string of the molecule is COc1ccc(C)cc1NC(=O)Nc1ccc2c(c1)N(S(=O)(=O)c1ccccc1)CC2. The Hall–Kier alpha value is -3.52. The number of urea groups is 1. The summed E-state index contributed by atoms with van der Waals surface area (Å²) >= 11 is 0. The maximum atomic E-state index is 13.1. The summed E-state index contributed by atoms with van der Waals surface area (Å²) in [7, 11) is -2.13. The molecule has 1 aliphatic heterocycles. The number of hydrogen-bond donors (Lipinski definition) is 2. The number of methoxy groups -OCH3 is 1. The molecule has 0 fully saturated rings. The van der Waals surface area contributed by atoms with E-state index in [0.29, 0.717) is 35.8 Å². The van der Waals surface area contributed by atoms with Crippen molar-refractivity contribution >= 4 is 33.1 Å². The lowest BCUT2D eigenvalue weighted by Gasteiger charge is -2.20. The van der Waals surface area contributed by atoms with Gasteiger partial charge in [-0.1, -0.05) is 30.3 Å². The predicted molar refractivity (Wildman–Crippen MR) is 121 cm³/mol. The molecule has 1 heterocycles. The number of rotatable bonds is 5. The molecule has 8 heteroatoms. The van der Waals surface area contributed by atoms with Crippen molar-refractivity contribution in [3.63, 3.8) is 0 Å². The van der Waals surface area contributed by atoms with Crippen molar-refractivity contribution in [2.45, 2.75) is 18.2 Å². The van der Waals surface area contributed by atoms with E-state index in [1.807, 2.05) is 25.1 Å². The number of ether oxygens (including phenoxy) is 1. The van der Waals surface area contributed by atoms with Crippen molar-refractivity contribution in [2.75, 3.05) is 28.6 Å². The summed E-state index contributed by atoms with van der Waals surface area (Å²) < 4.78 is 32.9. The second kappa shape index (κ2) is 8.31. The summed E-state index contributed by atoms with van der Waals surface area (Å²) in [6.07, 6.45) is 0.619. The minimum atomic E-state index is -3.67. The van der Waals surface area contributed by atoms with Gasteiger partial charge in [0.1, 0.15) is 5.75 Å². The van der Waals surface area contributed by atoms with Crippen LogP contribution in [-0.2, 0) is 16.4 Å². The second-order valence-electron chi connectivity index (χ2n) is 7.27. The molecule has 7 nitrogen and oxygen atoms in total. The largest absolute Gasteiger partial charge is 0.495 e. The van der Waals surface area contributed by atoms with E-state index in [0.717, 1.165) is 11.1 Å². The van der Waals surface area contributed by atoms with Crippen LogP contribution in [0.1, 0.15) is 11.1 Å². The first-order chi connectivity index (χ1) is 14.9. The van der Waals surface area contributed by atoms with E-state index in [1.54, 1.807) is 48.5 Å². The molecule has 0 saturated heterocycles. The quantitative estimate of drug-likeness (QED) is 0.619. The summed E-state index contributed by atoms with van der Waals surface area (Å²) in [5, 5.41) is 5.55. The number of amides is 2. The summed E-state index contributed by atoms with van der Waals surface area (Å²) in [5.74, 6) is 0.551. The van der Waals surface area contributed by atoms with E-state index < -0.39 is 16.1 Å². The highest BCUT2D eigenvalue weighted by Gasteiger charge is 2.31. The number of carbonyl (C=O) groups is 1. The van der Waals surface area contributed by atoms with E-state index in [4.69, 9.17) is 4.74 Å². The molecule has 0 bridgehead atoms. The van der Waals surface area contributed by atoms with Crippen molar-refractivity contribution in [1.29, 1.82) is 0 Å². The molecule has 0 atom stereocenters. The van der Waals surface area contributed by atoms with Crippen LogP contribution in [-0.4, -0.2) is 28.1 Å². The normalized spacial score (nSPS) is 12.9. The molecular weight excluding hydrogens is 414 g/mol. The molecule has 160 valence electrons. The van der Waals surface area contributed by atoms with Gasteiger partial charge < -0.3 is 15.4 Å².